The van der Waals surface area contributed by atoms with Crippen LogP contribution in [0.3, 0.4) is 0 Å². The van der Waals surface area contributed by atoms with Crippen LogP contribution >= 0.6 is 0 Å². The van der Waals surface area contributed by atoms with E-state index in [4.69, 9.17) is 5.11 Å². The Kier molecular flexibility index (Phi) is 3.42. The predicted molar refractivity (Wildman–Crippen MR) is 70.0 cm³/mol. The number of H-pyrrole nitrogens is 2. The van der Waals surface area contributed by atoms with Gasteiger partial charge >= 0.3 is 11.7 Å². The van der Waals surface area contributed by atoms with Crippen molar-refractivity contribution in [3.63, 3.8) is 0 Å². The van der Waals surface area contributed by atoms with Gasteiger partial charge in [0.2, 0.25) is 0 Å². The lowest BCUT2D eigenvalue weighted by Crippen LogP contribution is -2.22. The fraction of sp³-hybridized carbons (Fsp3) is 0. The largest absolute Gasteiger partial charge is 0.478 e. The minimum atomic E-state index is -0.993. The van der Waals surface area contributed by atoms with Gasteiger partial charge in [-0.2, -0.15) is 0 Å². The Labute approximate surface area is 107 Å². The summed E-state index contributed by atoms with van der Waals surface area (Å²) in [6.07, 6.45) is 4.49. The molecule has 0 bridgehead atoms. The lowest BCUT2D eigenvalue weighted by molar-refractivity contribution is 0.0697. The van der Waals surface area contributed by atoms with E-state index < -0.39 is 17.2 Å². The molecule has 0 aliphatic rings. The molecule has 6 heteroatoms. The van der Waals surface area contributed by atoms with Crippen LogP contribution in [0, 0.1) is 0 Å². The van der Waals surface area contributed by atoms with E-state index in [2.05, 4.69) is 9.97 Å². The van der Waals surface area contributed by atoms with Crippen LogP contribution in [0.2, 0.25) is 0 Å². The van der Waals surface area contributed by atoms with Crippen molar-refractivity contribution in [1.29, 1.82) is 0 Å². The van der Waals surface area contributed by atoms with Crippen molar-refractivity contribution < 1.29 is 9.90 Å². The van der Waals surface area contributed by atoms with Crippen molar-refractivity contribution in [2.75, 3.05) is 0 Å². The molecular formula is C13H10N2O4. The van der Waals surface area contributed by atoms with Gasteiger partial charge in [0.25, 0.3) is 5.56 Å². The summed E-state index contributed by atoms with van der Waals surface area (Å²) in [5, 5.41) is 8.75. The SMILES string of the molecule is O=C(O)c1ccc(/C=C/c2c[nH]c(=O)[nH]c2=O)cc1. The van der Waals surface area contributed by atoms with Gasteiger partial charge in [0, 0.05) is 6.20 Å². The maximum Gasteiger partial charge on any atom is 0.335 e. The number of carboxylic acid groups (broad SMARTS) is 1. The first-order valence-corrected chi connectivity index (χ1v) is 5.40. The highest BCUT2D eigenvalue weighted by atomic mass is 16.4. The molecule has 6 nitrogen and oxygen atoms in total. The van der Waals surface area contributed by atoms with Crippen molar-refractivity contribution in [3.8, 4) is 0 Å². The second kappa shape index (κ2) is 5.18. The van der Waals surface area contributed by atoms with Gasteiger partial charge in [0.05, 0.1) is 11.1 Å². The second-order valence-electron chi connectivity index (χ2n) is 3.79. The summed E-state index contributed by atoms with van der Waals surface area (Å²) in [7, 11) is 0. The molecule has 0 spiro atoms. The standard InChI is InChI=1S/C13H10N2O4/c16-11-10(7-14-13(19)15-11)6-3-8-1-4-9(5-2-8)12(17)18/h1-7H,(H,17,18)(H2,14,15,16,19)/b6-3+. The monoisotopic (exact) mass is 258 g/mol. The van der Waals surface area contributed by atoms with E-state index in [1.165, 1.54) is 24.4 Å². The van der Waals surface area contributed by atoms with E-state index in [0.29, 0.717) is 5.56 Å². The predicted octanol–water partition coefficient (Wildman–Crippen LogP) is 0.932. The zero-order valence-corrected chi connectivity index (χ0v) is 9.71. The van der Waals surface area contributed by atoms with Gasteiger partial charge < -0.3 is 10.1 Å². The van der Waals surface area contributed by atoms with E-state index >= 15 is 0 Å². The van der Waals surface area contributed by atoms with Gasteiger partial charge in [-0.25, -0.2) is 9.59 Å². The Balaban J connectivity index is 2.25. The summed E-state index contributed by atoms with van der Waals surface area (Å²) in [6.45, 7) is 0. The summed E-state index contributed by atoms with van der Waals surface area (Å²) in [5.41, 5.74) is 0.201. The molecule has 0 aliphatic carbocycles. The Morgan fingerprint density at radius 1 is 1.11 bits per heavy atom. The summed E-state index contributed by atoms with van der Waals surface area (Å²) in [5.74, 6) is -0.993. The molecule has 1 aromatic carbocycles. The van der Waals surface area contributed by atoms with E-state index in [1.54, 1.807) is 18.2 Å². The molecular weight excluding hydrogens is 248 g/mol. The molecule has 0 atom stereocenters. The van der Waals surface area contributed by atoms with Gasteiger partial charge in [-0.1, -0.05) is 18.2 Å². The number of hydrogen-bond acceptors (Lipinski definition) is 3. The quantitative estimate of drug-likeness (QED) is 0.761. The van der Waals surface area contributed by atoms with Crippen LogP contribution in [0.15, 0.2) is 40.1 Å². The van der Waals surface area contributed by atoms with Crippen LogP contribution in [0.4, 0.5) is 0 Å². The number of aromatic nitrogens is 2. The Morgan fingerprint density at radius 2 is 1.79 bits per heavy atom. The molecule has 19 heavy (non-hydrogen) atoms. The molecule has 1 aromatic heterocycles. The first-order chi connectivity index (χ1) is 9.06. The number of carbonyl (C=O) groups is 1. The van der Waals surface area contributed by atoms with Gasteiger partial charge in [0.15, 0.2) is 0 Å². The summed E-state index contributed by atoms with van der Waals surface area (Å²) >= 11 is 0. The minimum Gasteiger partial charge on any atom is -0.478 e. The molecule has 0 fully saturated rings. The third kappa shape index (κ3) is 3.06. The van der Waals surface area contributed by atoms with Gasteiger partial charge in [-0.05, 0) is 23.8 Å². The number of aromatic amines is 2. The average Bonchev–Trinajstić information content (AvgIpc) is 2.38. The van der Waals surface area contributed by atoms with Crippen molar-refractivity contribution in [2.24, 2.45) is 0 Å². The zero-order chi connectivity index (χ0) is 13.8. The Morgan fingerprint density at radius 3 is 2.37 bits per heavy atom. The fourth-order valence-corrected chi connectivity index (χ4v) is 1.47. The average molecular weight is 258 g/mol. The number of aromatic carboxylic acids is 1. The van der Waals surface area contributed by atoms with Crippen LogP contribution in [0.5, 0.6) is 0 Å². The third-order valence-corrected chi connectivity index (χ3v) is 2.46. The normalized spacial score (nSPS) is 10.7. The maximum atomic E-state index is 11.4. The summed E-state index contributed by atoms with van der Waals surface area (Å²) in [6, 6.07) is 6.19. The highest BCUT2D eigenvalue weighted by Gasteiger charge is 2.00. The molecule has 96 valence electrons. The van der Waals surface area contributed by atoms with E-state index in [1.807, 2.05) is 0 Å². The molecule has 1 heterocycles. The zero-order valence-electron chi connectivity index (χ0n) is 9.71. The van der Waals surface area contributed by atoms with Crippen molar-refractivity contribution in [2.45, 2.75) is 0 Å². The molecule has 2 rings (SSSR count). The Bertz CT molecular complexity index is 738. The molecule has 0 saturated carbocycles. The van der Waals surface area contributed by atoms with Crippen LogP contribution in [-0.2, 0) is 0 Å². The molecule has 0 amide bonds. The second-order valence-corrected chi connectivity index (χ2v) is 3.79. The minimum absolute atomic E-state index is 0.194. The van der Waals surface area contributed by atoms with Gasteiger partial charge in [-0.15, -0.1) is 0 Å². The lowest BCUT2D eigenvalue weighted by atomic mass is 10.1. The first-order valence-electron chi connectivity index (χ1n) is 5.40. The van der Waals surface area contributed by atoms with E-state index in [-0.39, 0.29) is 5.56 Å². The molecule has 0 aliphatic heterocycles. The highest BCUT2D eigenvalue weighted by Crippen LogP contribution is 2.07. The topological polar surface area (TPSA) is 103 Å². The van der Waals surface area contributed by atoms with Crippen LogP contribution in [0.25, 0.3) is 12.2 Å². The molecule has 0 radical (unpaired) electrons. The number of hydrogen-bond donors (Lipinski definition) is 3. The first kappa shape index (κ1) is 12.6. The van der Waals surface area contributed by atoms with Gasteiger partial charge in [-0.3, -0.25) is 9.78 Å². The number of nitrogens with one attached hydrogen (secondary N) is 2. The molecule has 0 unspecified atom stereocenters. The maximum absolute atomic E-state index is 11.4. The summed E-state index contributed by atoms with van der Waals surface area (Å²) < 4.78 is 0. The fourth-order valence-electron chi connectivity index (χ4n) is 1.47. The van der Waals surface area contributed by atoms with Crippen molar-refractivity contribution >= 4 is 18.1 Å². The number of benzene rings is 1. The van der Waals surface area contributed by atoms with Crippen LogP contribution in [-0.4, -0.2) is 21.0 Å². The smallest absolute Gasteiger partial charge is 0.335 e. The third-order valence-electron chi connectivity index (χ3n) is 2.46. The van der Waals surface area contributed by atoms with Crippen molar-refractivity contribution in [3.05, 3.63) is 68.0 Å². The Hall–Kier alpha value is -2.89. The van der Waals surface area contributed by atoms with E-state index in [0.717, 1.165) is 5.56 Å². The summed E-state index contributed by atoms with van der Waals surface area (Å²) in [4.78, 5) is 37.4. The molecule has 0 saturated heterocycles. The number of rotatable bonds is 3. The van der Waals surface area contributed by atoms with Crippen molar-refractivity contribution in [1.82, 2.24) is 9.97 Å². The van der Waals surface area contributed by atoms with Gasteiger partial charge in [0.1, 0.15) is 0 Å². The lowest BCUT2D eigenvalue weighted by Gasteiger charge is -1.96. The number of carboxylic acids is 1. The molecule has 3 N–H and O–H groups in total. The molecule has 2 aromatic rings. The van der Waals surface area contributed by atoms with Crippen LogP contribution < -0.4 is 11.2 Å². The highest BCUT2D eigenvalue weighted by molar-refractivity contribution is 5.88. The van der Waals surface area contributed by atoms with E-state index in [9.17, 15) is 14.4 Å². The van der Waals surface area contributed by atoms with Crippen LogP contribution in [0.1, 0.15) is 21.5 Å².